The Labute approximate surface area is 99.6 Å². The topological polar surface area (TPSA) is 71.1 Å². The van der Waals surface area contributed by atoms with Gasteiger partial charge in [0.1, 0.15) is 0 Å². The molecule has 2 atom stereocenters. The van der Waals surface area contributed by atoms with Crippen molar-refractivity contribution in [1.82, 2.24) is 15.6 Å². The van der Waals surface area contributed by atoms with Crippen molar-refractivity contribution in [3.05, 3.63) is 30.1 Å². The maximum absolute atomic E-state index is 11.8. The molecule has 1 aromatic heterocycles. The van der Waals surface area contributed by atoms with E-state index in [0.29, 0.717) is 6.54 Å². The molecule has 0 radical (unpaired) electrons. The van der Waals surface area contributed by atoms with E-state index in [1.54, 1.807) is 6.20 Å². The van der Waals surface area contributed by atoms with E-state index in [2.05, 4.69) is 15.6 Å². The summed E-state index contributed by atoms with van der Waals surface area (Å²) < 4.78 is 0. The van der Waals surface area contributed by atoms with E-state index in [-0.39, 0.29) is 30.2 Å². The van der Waals surface area contributed by atoms with E-state index in [9.17, 15) is 9.59 Å². The molecule has 2 amide bonds. The molecule has 2 rings (SSSR count). The minimum absolute atomic E-state index is 0.0596. The normalized spacial score (nSPS) is 20.8. The average Bonchev–Trinajstić information content (AvgIpc) is 2.77. The Morgan fingerprint density at radius 1 is 1.59 bits per heavy atom. The molecule has 1 fully saturated rings. The summed E-state index contributed by atoms with van der Waals surface area (Å²) in [7, 11) is 0. The van der Waals surface area contributed by atoms with Crippen LogP contribution >= 0.6 is 0 Å². The fourth-order valence-electron chi connectivity index (χ4n) is 1.83. The Bertz CT molecular complexity index is 419. The lowest BCUT2D eigenvalue weighted by molar-refractivity contribution is -0.127. The predicted octanol–water partition coefficient (Wildman–Crippen LogP) is 0.395. The van der Waals surface area contributed by atoms with Crippen LogP contribution in [-0.2, 0) is 9.59 Å². The van der Waals surface area contributed by atoms with Crippen molar-refractivity contribution in [2.24, 2.45) is 5.92 Å². The van der Waals surface area contributed by atoms with E-state index < -0.39 is 0 Å². The first-order chi connectivity index (χ1) is 8.16. The number of pyridine rings is 1. The van der Waals surface area contributed by atoms with Crippen LogP contribution in [0.5, 0.6) is 0 Å². The molecule has 0 bridgehead atoms. The molecule has 1 aliphatic heterocycles. The third kappa shape index (κ3) is 2.81. The van der Waals surface area contributed by atoms with Crippen LogP contribution < -0.4 is 10.6 Å². The van der Waals surface area contributed by atoms with Gasteiger partial charge in [-0.15, -0.1) is 0 Å². The molecule has 1 aliphatic rings. The third-order valence-corrected chi connectivity index (χ3v) is 2.84. The molecule has 90 valence electrons. The van der Waals surface area contributed by atoms with Crippen molar-refractivity contribution in [3.8, 4) is 0 Å². The Morgan fingerprint density at radius 3 is 3.00 bits per heavy atom. The first-order valence-electron chi connectivity index (χ1n) is 5.65. The van der Waals surface area contributed by atoms with Crippen LogP contribution in [0.15, 0.2) is 24.4 Å². The molecule has 2 N–H and O–H groups in total. The Hall–Kier alpha value is -1.91. The van der Waals surface area contributed by atoms with Crippen molar-refractivity contribution in [3.63, 3.8) is 0 Å². The second-order valence-corrected chi connectivity index (χ2v) is 4.19. The van der Waals surface area contributed by atoms with E-state index in [0.717, 1.165) is 5.69 Å². The molecule has 5 heteroatoms. The van der Waals surface area contributed by atoms with Gasteiger partial charge in [-0.1, -0.05) is 6.07 Å². The summed E-state index contributed by atoms with van der Waals surface area (Å²) in [6.07, 6.45) is 1.97. The van der Waals surface area contributed by atoms with Crippen molar-refractivity contribution < 1.29 is 9.59 Å². The molecule has 1 saturated heterocycles. The quantitative estimate of drug-likeness (QED) is 0.793. The van der Waals surface area contributed by atoms with Gasteiger partial charge in [0.15, 0.2) is 0 Å². The number of carbonyl (C=O) groups excluding carboxylic acids is 2. The van der Waals surface area contributed by atoms with Gasteiger partial charge in [-0.2, -0.15) is 0 Å². The van der Waals surface area contributed by atoms with Crippen molar-refractivity contribution >= 4 is 11.8 Å². The van der Waals surface area contributed by atoms with Crippen LogP contribution in [0, 0.1) is 5.92 Å². The molecule has 5 nitrogen and oxygen atoms in total. The zero-order valence-corrected chi connectivity index (χ0v) is 9.64. The summed E-state index contributed by atoms with van der Waals surface area (Å²) in [6, 6.07) is 5.44. The molecular weight excluding hydrogens is 218 g/mol. The summed E-state index contributed by atoms with van der Waals surface area (Å²) in [4.78, 5) is 27.0. The summed E-state index contributed by atoms with van der Waals surface area (Å²) in [5, 5.41) is 5.51. The summed E-state index contributed by atoms with van der Waals surface area (Å²) in [6.45, 7) is 2.31. The Morgan fingerprint density at radius 2 is 2.41 bits per heavy atom. The number of hydrogen-bond donors (Lipinski definition) is 2. The number of hydrogen-bond acceptors (Lipinski definition) is 3. The first-order valence-corrected chi connectivity index (χ1v) is 5.65. The van der Waals surface area contributed by atoms with Crippen molar-refractivity contribution in [2.75, 3.05) is 6.54 Å². The average molecular weight is 233 g/mol. The van der Waals surface area contributed by atoms with E-state index in [4.69, 9.17) is 0 Å². The van der Waals surface area contributed by atoms with Gasteiger partial charge >= 0.3 is 0 Å². The number of rotatable bonds is 3. The van der Waals surface area contributed by atoms with Crippen LogP contribution in [0.2, 0.25) is 0 Å². The Balaban J connectivity index is 1.93. The number of amides is 2. The molecule has 1 aromatic rings. The predicted molar refractivity (Wildman–Crippen MR) is 61.9 cm³/mol. The van der Waals surface area contributed by atoms with Gasteiger partial charge in [0.25, 0.3) is 0 Å². The second kappa shape index (κ2) is 4.95. The van der Waals surface area contributed by atoms with Gasteiger partial charge < -0.3 is 10.6 Å². The van der Waals surface area contributed by atoms with E-state index in [1.807, 2.05) is 25.1 Å². The van der Waals surface area contributed by atoms with Crippen LogP contribution in [0.4, 0.5) is 0 Å². The summed E-state index contributed by atoms with van der Waals surface area (Å²) in [5.41, 5.74) is 0.818. The van der Waals surface area contributed by atoms with Gasteiger partial charge in [-0.3, -0.25) is 14.6 Å². The largest absolute Gasteiger partial charge is 0.355 e. The van der Waals surface area contributed by atoms with Crippen molar-refractivity contribution in [1.29, 1.82) is 0 Å². The van der Waals surface area contributed by atoms with Gasteiger partial charge in [0.05, 0.1) is 17.7 Å². The SMILES string of the molecule is CC(NC(=O)C1CNC(=O)C1)c1ccccn1. The van der Waals surface area contributed by atoms with Gasteiger partial charge in [-0.25, -0.2) is 0 Å². The minimum atomic E-state index is -0.256. The zero-order valence-electron chi connectivity index (χ0n) is 9.64. The maximum atomic E-state index is 11.8. The highest BCUT2D eigenvalue weighted by molar-refractivity contribution is 5.89. The van der Waals surface area contributed by atoms with E-state index >= 15 is 0 Å². The lowest BCUT2D eigenvalue weighted by atomic mass is 10.1. The van der Waals surface area contributed by atoms with Crippen LogP contribution in [0.25, 0.3) is 0 Å². The van der Waals surface area contributed by atoms with Crippen LogP contribution in [0.1, 0.15) is 25.1 Å². The highest BCUT2D eigenvalue weighted by Gasteiger charge is 2.28. The Kier molecular flexibility index (Phi) is 3.37. The zero-order chi connectivity index (χ0) is 12.3. The lowest BCUT2D eigenvalue weighted by Gasteiger charge is -2.15. The number of aromatic nitrogens is 1. The molecule has 0 aliphatic carbocycles. The first kappa shape index (κ1) is 11.6. The molecule has 0 aromatic carbocycles. The van der Waals surface area contributed by atoms with Crippen molar-refractivity contribution in [2.45, 2.75) is 19.4 Å². The van der Waals surface area contributed by atoms with Gasteiger partial charge in [-0.05, 0) is 19.1 Å². The third-order valence-electron chi connectivity index (χ3n) is 2.84. The molecule has 0 spiro atoms. The van der Waals surface area contributed by atoms with Crippen LogP contribution in [-0.4, -0.2) is 23.3 Å². The monoisotopic (exact) mass is 233 g/mol. The summed E-state index contributed by atoms with van der Waals surface area (Å²) >= 11 is 0. The fourth-order valence-corrected chi connectivity index (χ4v) is 1.83. The molecule has 2 heterocycles. The van der Waals surface area contributed by atoms with Gasteiger partial charge in [0, 0.05) is 19.2 Å². The number of carbonyl (C=O) groups is 2. The van der Waals surface area contributed by atoms with E-state index in [1.165, 1.54) is 0 Å². The summed E-state index contributed by atoms with van der Waals surface area (Å²) in [5.74, 6) is -0.411. The molecule has 2 unspecified atom stereocenters. The van der Waals surface area contributed by atoms with Crippen LogP contribution in [0.3, 0.4) is 0 Å². The molecule has 0 saturated carbocycles. The number of nitrogens with zero attached hydrogens (tertiary/aromatic N) is 1. The smallest absolute Gasteiger partial charge is 0.225 e. The number of nitrogens with one attached hydrogen (secondary N) is 2. The molecule has 17 heavy (non-hydrogen) atoms. The molecular formula is C12H15N3O2. The lowest BCUT2D eigenvalue weighted by Crippen LogP contribution is -2.34. The van der Waals surface area contributed by atoms with Gasteiger partial charge in [0.2, 0.25) is 11.8 Å². The highest BCUT2D eigenvalue weighted by Crippen LogP contribution is 2.13. The standard InChI is InChI=1S/C12H15N3O2/c1-8(10-4-2-3-5-13-10)15-12(17)9-6-11(16)14-7-9/h2-5,8-9H,6-7H2,1H3,(H,14,16)(H,15,17). The fraction of sp³-hybridized carbons (Fsp3) is 0.417. The minimum Gasteiger partial charge on any atom is -0.355 e. The second-order valence-electron chi connectivity index (χ2n) is 4.19. The maximum Gasteiger partial charge on any atom is 0.225 e. The highest BCUT2D eigenvalue weighted by atomic mass is 16.2.